The van der Waals surface area contributed by atoms with Crippen molar-refractivity contribution in [3.8, 4) is 0 Å². The predicted molar refractivity (Wildman–Crippen MR) is 77.9 cm³/mol. The van der Waals surface area contributed by atoms with Crippen LogP contribution in [0, 0.1) is 5.41 Å². The Morgan fingerprint density at radius 2 is 1.80 bits per heavy atom. The molecule has 20 heavy (non-hydrogen) atoms. The molecule has 0 heterocycles. The van der Waals surface area contributed by atoms with Gasteiger partial charge in [0.2, 0.25) is 5.91 Å². The fourth-order valence-electron chi connectivity index (χ4n) is 1.58. The summed E-state index contributed by atoms with van der Waals surface area (Å²) in [6.07, 6.45) is 0.337. The lowest BCUT2D eigenvalue weighted by molar-refractivity contribution is -0.152. The van der Waals surface area contributed by atoms with E-state index < -0.39 is 11.6 Å². The van der Waals surface area contributed by atoms with Crippen molar-refractivity contribution in [3.05, 3.63) is 35.9 Å². The number of hydrogen-bond donors (Lipinski definition) is 1. The second kappa shape index (κ2) is 7.08. The molecular formula is C16H23NO3. The van der Waals surface area contributed by atoms with Gasteiger partial charge in [0.05, 0.1) is 0 Å². The average molecular weight is 277 g/mol. The molecule has 0 aromatic heterocycles. The van der Waals surface area contributed by atoms with Crippen LogP contribution in [0.3, 0.4) is 0 Å². The van der Waals surface area contributed by atoms with Crippen LogP contribution in [0.5, 0.6) is 0 Å². The van der Waals surface area contributed by atoms with E-state index in [9.17, 15) is 9.59 Å². The quantitative estimate of drug-likeness (QED) is 0.665. The molecule has 1 N–H and O–H groups in total. The number of rotatable bonds is 5. The van der Waals surface area contributed by atoms with Gasteiger partial charge in [-0.1, -0.05) is 51.1 Å². The molecule has 1 amide bonds. The van der Waals surface area contributed by atoms with Gasteiger partial charge >= 0.3 is 5.97 Å². The molecule has 4 heteroatoms. The Morgan fingerprint density at radius 1 is 1.20 bits per heavy atom. The summed E-state index contributed by atoms with van der Waals surface area (Å²) in [5.41, 5.74) is 0.598. The van der Waals surface area contributed by atoms with Gasteiger partial charge in [0.15, 0.2) is 6.23 Å². The van der Waals surface area contributed by atoms with E-state index in [0.29, 0.717) is 12.8 Å². The molecule has 1 aromatic rings. The van der Waals surface area contributed by atoms with Gasteiger partial charge in [-0.15, -0.1) is 0 Å². The van der Waals surface area contributed by atoms with Crippen LogP contribution in [-0.4, -0.2) is 18.1 Å². The van der Waals surface area contributed by atoms with Gasteiger partial charge in [-0.05, 0) is 18.9 Å². The predicted octanol–water partition coefficient (Wildman–Crippen LogP) is 2.67. The number of aryl methyl sites for hydroxylation is 1. The van der Waals surface area contributed by atoms with E-state index in [1.165, 1.54) is 0 Å². The van der Waals surface area contributed by atoms with E-state index in [0.717, 1.165) is 5.56 Å². The Kier molecular flexibility index (Phi) is 5.74. The number of esters is 1. The number of benzene rings is 1. The Labute approximate surface area is 120 Å². The van der Waals surface area contributed by atoms with Gasteiger partial charge in [0, 0.05) is 11.8 Å². The summed E-state index contributed by atoms with van der Waals surface area (Å²) in [6.45, 7) is 7.09. The number of amides is 1. The zero-order valence-corrected chi connectivity index (χ0v) is 12.6. The lowest BCUT2D eigenvalue weighted by Crippen LogP contribution is -2.42. The van der Waals surface area contributed by atoms with Gasteiger partial charge in [-0.3, -0.25) is 9.59 Å². The summed E-state index contributed by atoms with van der Waals surface area (Å²) >= 11 is 0. The Hall–Kier alpha value is -1.84. The maximum atomic E-state index is 11.7. The highest BCUT2D eigenvalue weighted by Crippen LogP contribution is 2.13. The summed E-state index contributed by atoms with van der Waals surface area (Å²) in [5, 5.41) is 2.67. The SMILES string of the molecule is C[C@H](NC(=O)C(C)(C)C)OC(=O)CCc1ccccc1. The highest BCUT2D eigenvalue weighted by atomic mass is 16.6. The molecule has 0 saturated heterocycles. The maximum absolute atomic E-state index is 11.7. The molecule has 4 nitrogen and oxygen atoms in total. The van der Waals surface area contributed by atoms with Crippen LogP contribution in [0.15, 0.2) is 30.3 Å². The first-order valence-electron chi connectivity index (χ1n) is 6.83. The standard InChI is InChI=1S/C16H23NO3/c1-12(17-15(19)16(2,3)4)20-14(18)11-10-13-8-6-5-7-9-13/h5-9,12H,10-11H2,1-4H3,(H,17,19)/t12-/m1/s1. The van der Waals surface area contributed by atoms with E-state index >= 15 is 0 Å². The van der Waals surface area contributed by atoms with Gasteiger partial charge in [-0.25, -0.2) is 0 Å². The van der Waals surface area contributed by atoms with Crippen molar-refractivity contribution in [3.63, 3.8) is 0 Å². The highest BCUT2D eigenvalue weighted by Gasteiger charge is 2.23. The van der Waals surface area contributed by atoms with Crippen LogP contribution in [0.2, 0.25) is 0 Å². The maximum Gasteiger partial charge on any atom is 0.308 e. The molecule has 0 unspecified atom stereocenters. The molecule has 0 aliphatic carbocycles. The van der Waals surface area contributed by atoms with Crippen molar-refractivity contribution in [1.29, 1.82) is 0 Å². The monoisotopic (exact) mass is 277 g/mol. The minimum Gasteiger partial charge on any atom is -0.442 e. The third-order valence-electron chi connectivity index (χ3n) is 2.78. The van der Waals surface area contributed by atoms with Crippen molar-refractivity contribution in [2.45, 2.75) is 46.8 Å². The molecule has 0 aliphatic rings. The average Bonchev–Trinajstić information content (AvgIpc) is 2.36. The minimum atomic E-state index is -0.606. The van der Waals surface area contributed by atoms with Gasteiger partial charge in [-0.2, -0.15) is 0 Å². The summed E-state index contributed by atoms with van der Waals surface area (Å²) < 4.78 is 5.17. The molecule has 0 bridgehead atoms. The van der Waals surface area contributed by atoms with Crippen LogP contribution in [0.25, 0.3) is 0 Å². The van der Waals surface area contributed by atoms with Crippen molar-refractivity contribution in [2.24, 2.45) is 5.41 Å². The van der Waals surface area contributed by atoms with Crippen molar-refractivity contribution in [2.75, 3.05) is 0 Å². The number of nitrogens with one attached hydrogen (secondary N) is 1. The van der Waals surface area contributed by atoms with E-state index in [1.807, 2.05) is 51.1 Å². The molecule has 1 rings (SSSR count). The van der Waals surface area contributed by atoms with Crippen molar-refractivity contribution >= 4 is 11.9 Å². The van der Waals surface area contributed by atoms with Crippen LogP contribution in [0.4, 0.5) is 0 Å². The van der Waals surface area contributed by atoms with E-state index in [1.54, 1.807) is 6.92 Å². The molecule has 110 valence electrons. The first kappa shape index (κ1) is 16.2. The zero-order valence-electron chi connectivity index (χ0n) is 12.6. The third kappa shape index (κ3) is 5.87. The van der Waals surface area contributed by atoms with Gasteiger partial charge in [0.1, 0.15) is 0 Å². The van der Waals surface area contributed by atoms with E-state index in [2.05, 4.69) is 5.32 Å². The van der Waals surface area contributed by atoms with Crippen LogP contribution < -0.4 is 5.32 Å². The van der Waals surface area contributed by atoms with Gasteiger partial charge in [0.25, 0.3) is 0 Å². The third-order valence-corrected chi connectivity index (χ3v) is 2.78. The Morgan fingerprint density at radius 3 is 2.35 bits per heavy atom. The summed E-state index contributed by atoms with van der Waals surface area (Å²) in [4.78, 5) is 23.4. The Balaban J connectivity index is 2.33. The molecule has 0 fully saturated rings. The number of carbonyl (C=O) groups excluding carboxylic acids is 2. The first-order chi connectivity index (χ1) is 9.29. The van der Waals surface area contributed by atoms with Crippen LogP contribution >= 0.6 is 0 Å². The fraction of sp³-hybridized carbons (Fsp3) is 0.500. The van der Waals surface area contributed by atoms with Crippen molar-refractivity contribution in [1.82, 2.24) is 5.32 Å². The number of carbonyl (C=O) groups is 2. The van der Waals surface area contributed by atoms with E-state index in [4.69, 9.17) is 4.74 Å². The Bertz CT molecular complexity index is 449. The normalized spacial score (nSPS) is 12.6. The summed E-state index contributed by atoms with van der Waals surface area (Å²) in [7, 11) is 0. The molecule has 0 aliphatic heterocycles. The number of ether oxygens (including phenoxy) is 1. The van der Waals surface area contributed by atoms with E-state index in [-0.39, 0.29) is 11.9 Å². The van der Waals surface area contributed by atoms with Crippen LogP contribution in [-0.2, 0) is 20.7 Å². The topological polar surface area (TPSA) is 55.4 Å². The lowest BCUT2D eigenvalue weighted by Gasteiger charge is -2.21. The lowest BCUT2D eigenvalue weighted by atomic mass is 9.96. The smallest absolute Gasteiger partial charge is 0.308 e. The molecule has 1 aromatic carbocycles. The molecular weight excluding hydrogens is 254 g/mol. The minimum absolute atomic E-state index is 0.138. The second-order valence-electron chi connectivity index (χ2n) is 5.84. The highest BCUT2D eigenvalue weighted by molar-refractivity contribution is 5.81. The molecule has 1 atom stereocenters. The summed E-state index contributed by atoms with van der Waals surface area (Å²) in [6, 6.07) is 9.75. The molecule has 0 radical (unpaired) electrons. The molecule has 0 saturated carbocycles. The molecule has 0 spiro atoms. The second-order valence-corrected chi connectivity index (χ2v) is 5.84. The largest absolute Gasteiger partial charge is 0.442 e. The van der Waals surface area contributed by atoms with Gasteiger partial charge < -0.3 is 10.1 Å². The number of hydrogen-bond acceptors (Lipinski definition) is 3. The van der Waals surface area contributed by atoms with Crippen molar-refractivity contribution < 1.29 is 14.3 Å². The zero-order chi connectivity index (χ0) is 15.2. The van der Waals surface area contributed by atoms with Crippen LogP contribution in [0.1, 0.15) is 39.7 Å². The summed E-state index contributed by atoms with van der Waals surface area (Å²) in [5.74, 6) is -0.448. The fourth-order valence-corrected chi connectivity index (χ4v) is 1.58. The first-order valence-corrected chi connectivity index (χ1v) is 6.83.